The van der Waals surface area contributed by atoms with E-state index in [0.29, 0.717) is 6.54 Å². The van der Waals surface area contributed by atoms with E-state index >= 15 is 0 Å². The summed E-state index contributed by atoms with van der Waals surface area (Å²) >= 11 is 0. The first-order valence-electron chi connectivity index (χ1n) is 5.31. The van der Waals surface area contributed by atoms with Crippen LogP contribution in [0.2, 0.25) is 0 Å². The number of carbonyl (C=O) groups excluding carboxylic acids is 1. The predicted molar refractivity (Wildman–Crippen MR) is 62.7 cm³/mol. The lowest BCUT2D eigenvalue weighted by atomic mass is 10.2. The molecule has 0 aliphatic carbocycles. The number of ether oxygens (including phenoxy) is 2. The van der Waals surface area contributed by atoms with Crippen LogP contribution >= 0.6 is 0 Å². The molecule has 1 aliphatic rings. The maximum Gasteiger partial charge on any atom is 0.414 e. The van der Waals surface area contributed by atoms with Crippen molar-refractivity contribution >= 4 is 6.09 Å². The molecule has 1 aliphatic heterocycles. The Balaban J connectivity index is 1.87. The van der Waals surface area contributed by atoms with Gasteiger partial charge in [0.15, 0.2) is 0 Å². The van der Waals surface area contributed by atoms with Crippen LogP contribution in [0.3, 0.4) is 0 Å². The highest BCUT2D eigenvalue weighted by Crippen LogP contribution is 2.05. The Kier molecular flexibility index (Phi) is 3.81. The Morgan fingerprint density at radius 2 is 2.12 bits per heavy atom. The van der Waals surface area contributed by atoms with E-state index < -0.39 is 0 Å². The average molecular weight is 231 g/mol. The van der Waals surface area contributed by atoms with Crippen molar-refractivity contribution in [3.8, 4) is 0 Å². The van der Waals surface area contributed by atoms with Gasteiger partial charge in [0.05, 0.1) is 12.8 Å². The number of nitrogens with zero attached hydrogens (tertiary/aromatic N) is 1. The van der Waals surface area contributed by atoms with Crippen LogP contribution in [0.4, 0.5) is 4.79 Å². The van der Waals surface area contributed by atoms with Gasteiger partial charge in [-0.15, -0.1) is 0 Å². The monoisotopic (exact) mass is 231 g/mol. The molecular weight excluding hydrogens is 218 g/mol. The van der Waals surface area contributed by atoms with Gasteiger partial charge in [0.2, 0.25) is 0 Å². The molecule has 0 radical (unpaired) electrons. The lowest BCUT2D eigenvalue weighted by Crippen LogP contribution is -2.26. The van der Waals surface area contributed by atoms with Crippen molar-refractivity contribution in [2.45, 2.75) is 6.61 Å². The molecule has 0 atom stereocenters. The minimum absolute atomic E-state index is 0.272. The number of amides is 1. The number of benzene rings is 1. The van der Waals surface area contributed by atoms with E-state index in [1.807, 2.05) is 30.3 Å². The molecule has 4 nitrogen and oxygen atoms in total. The fourth-order valence-corrected chi connectivity index (χ4v) is 1.36. The molecular formula is C13H13NO3. The Morgan fingerprint density at radius 1 is 1.29 bits per heavy atom. The molecule has 2 rings (SSSR count). The van der Waals surface area contributed by atoms with E-state index in [2.05, 4.69) is 0 Å². The van der Waals surface area contributed by atoms with E-state index in [1.165, 1.54) is 17.4 Å². The van der Waals surface area contributed by atoms with Crippen molar-refractivity contribution in [2.24, 2.45) is 0 Å². The van der Waals surface area contributed by atoms with E-state index in [9.17, 15) is 4.79 Å². The van der Waals surface area contributed by atoms with Crippen LogP contribution < -0.4 is 0 Å². The SMILES string of the molecule is O=C(OCc1ccccc1)N1C=COC=CC1. The first-order chi connectivity index (χ1) is 8.36. The third-order valence-electron chi connectivity index (χ3n) is 2.24. The number of rotatable bonds is 2. The Bertz CT molecular complexity index is 426. The van der Waals surface area contributed by atoms with E-state index in [0.717, 1.165) is 5.56 Å². The third kappa shape index (κ3) is 3.38. The second-order valence-electron chi connectivity index (χ2n) is 3.49. The Hall–Kier alpha value is -2.23. The molecule has 4 heteroatoms. The lowest BCUT2D eigenvalue weighted by molar-refractivity contribution is 0.113. The minimum Gasteiger partial charge on any atom is -0.471 e. The fourth-order valence-electron chi connectivity index (χ4n) is 1.36. The summed E-state index contributed by atoms with van der Waals surface area (Å²) < 4.78 is 10.1. The van der Waals surface area contributed by atoms with Crippen LogP contribution in [0.1, 0.15) is 5.56 Å². The minimum atomic E-state index is -0.389. The molecule has 0 bridgehead atoms. The van der Waals surface area contributed by atoms with Crippen LogP contribution in [0.25, 0.3) is 0 Å². The van der Waals surface area contributed by atoms with E-state index in [4.69, 9.17) is 9.47 Å². The highest BCUT2D eigenvalue weighted by atomic mass is 16.6. The highest BCUT2D eigenvalue weighted by molar-refractivity contribution is 5.69. The molecule has 1 aromatic carbocycles. The maximum absolute atomic E-state index is 11.7. The Labute approximate surface area is 99.7 Å². The second-order valence-corrected chi connectivity index (χ2v) is 3.49. The van der Waals surface area contributed by atoms with Crippen molar-refractivity contribution in [1.29, 1.82) is 0 Å². The van der Waals surface area contributed by atoms with Gasteiger partial charge in [0, 0.05) is 6.20 Å². The van der Waals surface area contributed by atoms with Crippen molar-refractivity contribution in [2.75, 3.05) is 6.54 Å². The summed E-state index contributed by atoms with van der Waals surface area (Å²) in [6.07, 6.45) is 5.87. The van der Waals surface area contributed by atoms with Gasteiger partial charge < -0.3 is 9.47 Å². The van der Waals surface area contributed by atoms with Gasteiger partial charge in [-0.1, -0.05) is 30.3 Å². The molecule has 0 saturated heterocycles. The maximum atomic E-state index is 11.7. The van der Waals surface area contributed by atoms with E-state index in [-0.39, 0.29) is 12.7 Å². The van der Waals surface area contributed by atoms with Crippen molar-refractivity contribution < 1.29 is 14.3 Å². The van der Waals surface area contributed by atoms with Crippen LogP contribution in [0.15, 0.2) is 55.1 Å². The van der Waals surface area contributed by atoms with E-state index in [1.54, 1.807) is 12.3 Å². The molecule has 0 spiro atoms. The normalized spacial score (nSPS) is 14.0. The summed E-state index contributed by atoms with van der Waals surface area (Å²) in [7, 11) is 0. The molecule has 1 heterocycles. The van der Waals surface area contributed by atoms with Crippen LogP contribution in [0.5, 0.6) is 0 Å². The third-order valence-corrected chi connectivity index (χ3v) is 2.24. The van der Waals surface area contributed by atoms with Crippen LogP contribution in [0, 0.1) is 0 Å². The van der Waals surface area contributed by atoms with Gasteiger partial charge >= 0.3 is 6.09 Å². The molecule has 0 aromatic heterocycles. The molecule has 1 aromatic rings. The largest absolute Gasteiger partial charge is 0.471 e. The van der Waals surface area contributed by atoms with Gasteiger partial charge in [-0.3, -0.25) is 4.90 Å². The molecule has 0 unspecified atom stereocenters. The zero-order chi connectivity index (χ0) is 11.9. The van der Waals surface area contributed by atoms with Gasteiger partial charge in [-0.2, -0.15) is 0 Å². The summed E-state index contributed by atoms with van der Waals surface area (Å²) in [6.45, 7) is 0.721. The molecule has 88 valence electrons. The first kappa shape index (κ1) is 11.3. The highest BCUT2D eigenvalue weighted by Gasteiger charge is 2.11. The van der Waals surface area contributed by atoms with Gasteiger partial charge in [0.25, 0.3) is 0 Å². The lowest BCUT2D eigenvalue weighted by Gasteiger charge is -2.14. The summed E-state index contributed by atoms with van der Waals surface area (Å²) in [5.74, 6) is 0. The fraction of sp³-hybridized carbons (Fsp3) is 0.154. The van der Waals surface area contributed by atoms with Crippen LogP contribution in [-0.2, 0) is 16.1 Å². The van der Waals surface area contributed by atoms with Gasteiger partial charge in [-0.25, -0.2) is 4.79 Å². The average Bonchev–Trinajstić information content (AvgIpc) is 2.66. The molecule has 17 heavy (non-hydrogen) atoms. The summed E-state index contributed by atoms with van der Waals surface area (Å²) in [5, 5.41) is 0. The topological polar surface area (TPSA) is 38.8 Å². The van der Waals surface area contributed by atoms with Crippen molar-refractivity contribution in [3.05, 3.63) is 60.7 Å². The first-order valence-corrected chi connectivity index (χ1v) is 5.31. The number of hydrogen-bond acceptors (Lipinski definition) is 3. The number of carbonyl (C=O) groups is 1. The van der Waals surface area contributed by atoms with Gasteiger partial charge in [0.1, 0.15) is 12.9 Å². The van der Waals surface area contributed by atoms with Gasteiger partial charge in [-0.05, 0) is 11.6 Å². The quantitative estimate of drug-likeness (QED) is 0.785. The van der Waals surface area contributed by atoms with Crippen LogP contribution in [-0.4, -0.2) is 17.5 Å². The standard InChI is InChI=1S/C13H13NO3/c15-13(14-7-4-9-16-10-8-14)17-11-12-5-2-1-3-6-12/h1-6,8-10H,7,11H2. The van der Waals surface area contributed by atoms with Crippen molar-refractivity contribution in [1.82, 2.24) is 4.90 Å². The summed E-state index contributed by atoms with van der Waals surface area (Å²) in [5.41, 5.74) is 0.964. The predicted octanol–water partition coefficient (Wildman–Crippen LogP) is 2.64. The summed E-state index contributed by atoms with van der Waals surface area (Å²) in [4.78, 5) is 13.1. The molecule has 0 saturated carbocycles. The zero-order valence-corrected chi connectivity index (χ0v) is 9.28. The zero-order valence-electron chi connectivity index (χ0n) is 9.28. The Morgan fingerprint density at radius 3 is 2.94 bits per heavy atom. The smallest absolute Gasteiger partial charge is 0.414 e. The summed E-state index contributed by atoms with van der Waals surface area (Å²) in [6, 6.07) is 9.56. The molecule has 1 amide bonds. The second kappa shape index (κ2) is 5.75. The molecule has 0 fully saturated rings. The molecule has 0 N–H and O–H groups in total. The number of hydrogen-bond donors (Lipinski definition) is 0. The van der Waals surface area contributed by atoms with Crippen molar-refractivity contribution in [3.63, 3.8) is 0 Å².